The summed E-state index contributed by atoms with van der Waals surface area (Å²) in [6, 6.07) is 10.6. The number of pyridine rings is 1. The number of carbonyl (C=O) groups is 1. The molecule has 1 saturated heterocycles. The Morgan fingerprint density at radius 3 is 2.68 bits per heavy atom. The number of amides is 1. The fraction of sp³-hybridized carbons (Fsp3) is 0.250. The van der Waals surface area contributed by atoms with Gasteiger partial charge < -0.3 is 14.2 Å². The molecule has 1 fully saturated rings. The second kappa shape index (κ2) is 7.27. The summed E-state index contributed by atoms with van der Waals surface area (Å²) in [4.78, 5) is 20.7. The maximum atomic E-state index is 12.9. The third-order valence-electron chi connectivity index (χ3n) is 4.79. The van der Waals surface area contributed by atoms with E-state index in [4.69, 9.17) is 9.68 Å². The van der Waals surface area contributed by atoms with Crippen LogP contribution in [0.15, 0.2) is 47.1 Å². The summed E-state index contributed by atoms with van der Waals surface area (Å²) >= 11 is 0. The fourth-order valence-corrected chi connectivity index (χ4v) is 3.35. The second-order valence-corrected chi connectivity index (χ2v) is 6.50. The number of hydrogen-bond acceptors (Lipinski definition) is 5. The van der Waals surface area contributed by atoms with E-state index in [1.54, 1.807) is 11.0 Å². The molecule has 8 heteroatoms. The van der Waals surface area contributed by atoms with Crippen LogP contribution in [-0.4, -0.2) is 42.0 Å². The highest BCUT2D eigenvalue weighted by molar-refractivity contribution is 6.04. The molecule has 0 bridgehead atoms. The summed E-state index contributed by atoms with van der Waals surface area (Å²) in [7, 11) is 0. The molecule has 28 heavy (non-hydrogen) atoms. The largest absolute Gasteiger partial charge is 0.454 e. The number of fused-ring (bicyclic) bond motifs is 1. The number of furan rings is 1. The zero-order valence-corrected chi connectivity index (χ0v) is 14.8. The van der Waals surface area contributed by atoms with E-state index in [0.29, 0.717) is 37.1 Å². The van der Waals surface area contributed by atoms with Gasteiger partial charge in [0.1, 0.15) is 11.1 Å². The Hall–Kier alpha value is -3.47. The van der Waals surface area contributed by atoms with Gasteiger partial charge >= 0.3 is 0 Å². The van der Waals surface area contributed by atoms with Crippen molar-refractivity contribution in [2.75, 3.05) is 31.1 Å². The van der Waals surface area contributed by atoms with Gasteiger partial charge in [-0.15, -0.1) is 0 Å². The zero-order chi connectivity index (χ0) is 19.7. The van der Waals surface area contributed by atoms with E-state index in [1.807, 2.05) is 18.2 Å². The van der Waals surface area contributed by atoms with Crippen LogP contribution in [0.5, 0.6) is 0 Å². The Bertz CT molecular complexity index is 1070. The number of benzene rings is 1. The number of rotatable bonds is 3. The van der Waals surface area contributed by atoms with Crippen molar-refractivity contribution in [3.63, 3.8) is 0 Å². The Kier molecular flexibility index (Phi) is 4.65. The number of aromatic nitrogens is 1. The maximum absolute atomic E-state index is 12.9. The molecule has 0 aliphatic carbocycles. The highest BCUT2D eigenvalue weighted by atomic mass is 19.3. The molecule has 1 aliphatic rings. The first-order chi connectivity index (χ1) is 13.6. The minimum absolute atomic E-state index is 0.138. The Balaban J connectivity index is 1.51. The quantitative estimate of drug-likeness (QED) is 0.692. The van der Waals surface area contributed by atoms with Gasteiger partial charge in [-0.2, -0.15) is 5.26 Å². The average molecular weight is 382 g/mol. The van der Waals surface area contributed by atoms with E-state index in [1.165, 1.54) is 18.5 Å². The van der Waals surface area contributed by atoms with Crippen LogP contribution in [0.25, 0.3) is 11.0 Å². The van der Waals surface area contributed by atoms with E-state index in [0.717, 1.165) is 5.69 Å². The van der Waals surface area contributed by atoms with Crippen molar-refractivity contribution in [3.05, 3.63) is 59.6 Å². The number of alkyl halides is 2. The number of piperazine rings is 1. The monoisotopic (exact) mass is 382 g/mol. The third kappa shape index (κ3) is 3.27. The average Bonchev–Trinajstić information content (AvgIpc) is 3.18. The first kappa shape index (κ1) is 17.9. The number of nitriles is 1. The van der Waals surface area contributed by atoms with Crippen molar-refractivity contribution in [1.82, 2.24) is 9.88 Å². The predicted molar refractivity (Wildman–Crippen MR) is 98.2 cm³/mol. The number of hydrogen-bond donors (Lipinski definition) is 0. The van der Waals surface area contributed by atoms with Gasteiger partial charge in [0.15, 0.2) is 5.76 Å². The van der Waals surface area contributed by atoms with Gasteiger partial charge in [0, 0.05) is 49.6 Å². The summed E-state index contributed by atoms with van der Waals surface area (Å²) in [5, 5.41) is 9.42. The second-order valence-electron chi connectivity index (χ2n) is 6.50. The number of nitrogens with zero attached hydrogens (tertiary/aromatic N) is 4. The Morgan fingerprint density at radius 1 is 1.18 bits per heavy atom. The van der Waals surface area contributed by atoms with Crippen LogP contribution in [-0.2, 0) is 0 Å². The molecule has 0 radical (unpaired) electrons. The van der Waals surface area contributed by atoms with Crippen molar-refractivity contribution in [1.29, 1.82) is 5.26 Å². The van der Waals surface area contributed by atoms with Gasteiger partial charge in [-0.1, -0.05) is 6.07 Å². The molecule has 6 nitrogen and oxygen atoms in total. The van der Waals surface area contributed by atoms with Gasteiger partial charge in [-0.25, -0.2) is 8.78 Å². The molecular formula is C20H16F2N4O2. The summed E-state index contributed by atoms with van der Waals surface area (Å²) in [5.41, 5.74) is 1.84. The van der Waals surface area contributed by atoms with Crippen molar-refractivity contribution >= 4 is 22.6 Å². The lowest BCUT2D eigenvalue weighted by atomic mass is 10.1. The smallest absolute Gasteiger partial charge is 0.295 e. The zero-order valence-electron chi connectivity index (χ0n) is 14.8. The molecular weight excluding hydrogens is 366 g/mol. The van der Waals surface area contributed by atoms with Gasteiger partial charge in [0.05, 0.1) is 11.6 Å². The van der Waals surface area contributed by atoms with Crippen molar-refractivity contribution in [3.8, 4) is 6.07 Å². The van der Waals surface area contributed by atoms with Crippen molar-refractivity contribution in [2.24, 2.45) is 0 Å². The van der Waals surface area contributed by atoms with Crippen LogP contribution in [0, 0.1) is 11.3 Å². The molecule has 4 rings (SSSR count). The Morgan fingerprint density at radius 2 is 1.96 bits per heavy atom. The lowest BCUT2D eigenvalue weighted by Gasteiger charge is -2.36. The SMILES string of the molecule is N#Cc1cccc(N2CCN(C(=O)c3cncc4cc(C(F)F)oc34)CC2)c1. The van der Waals surface area contributed by atoms with Gasteiger partial charge in [-0.3, -0.25) is 9.78 Å². The first-order valence-corrected chi connectivity index (χ1v) is 8.77. The minimum atomic E-state index is -2.75. The number of carbonyl (C=O) groups excluding carboxylic acids is 1. The summed E-state index contributed by atoms with van der Waals surface area (Å²) < 4.78 is 31.0. The molecule has 3 aromatic rings. The van der Waals surface area contributed by atoms with Gasteiger partial charge in [0.2, 0.25) is 0 Å². The molecule has 1 aliphatic heterocycles. The number of halogens is 2. The molecule has 1 amide bonds. The van der Waals surface area contributed by atoms with Crippen LogP contribution in [0.1, 0.15) is 28.1 Å². The van der Waals surface area contributed by atoms with E-state index in [2.05, 4.69) is 16.0 Å². The van der Waals surface area contributed by atoms with Gasteiger partial charge in [0.25, 0.3) is 12.3 Å². The topological polar surface area (TPSA) is 73.4 Å². The molecule has 0 atom stereocenters. The summed E-state index contributed by atoms with van der Waals surface area (Å²) in [6.07, 6.45) is 0.0106. The normalized spacial score (nSPS) is 14.5. The first-order valence-electron chi connectivity index (χ1n) is 8.77. The fourth-order valence-electron chi connectivity index (χ4n) is 3.35. The maximum Gasteiger partial charge on any atom is 0.295 e. The van der Waals surface area contributed by atoms with Crippen LogP contribution in [0.3, 0.4) is 0 Å². The van der Waals surface area contributed by atoms with E-state index >= 15 is 0 Å². The summed E-state index contributed by atoms with van der Waals surface area (Å²) in [6.45, 7) is 2.14. The Labute approximate surface area is 159 Å². The molecule has 0 spiro atoms. The lowest BCUT2D eigenvalue weighted by molar-refractivity contribution is 0.0746. The molecule has 0 saturated carbocycles. The van der Waals surface area contributed by atoms with Crippen LogP contribution >= 0.6 is 0 Å². The minimum Gasteiger partial charge on any atom is -0.454 e. The van der Waals surface area contributed by atoms with Crippen molar-refractivity contribution in [2.45, 2.75) is 6.43 Å². The molecule has 142 valence electrons. The van der Waals surface area contributed by atoms with E-state index in [-0.39, 0.29) is 17.1 Å². The van der Waals surface area contributed by atoms with Crippen LogP contribution < -0.4 is 4.90 Å². The van der Waals surface area contributed by atoms with E-state index < -0.39 is 12.2 Å². The van der Waals surface area contributed by atoms with Gasteiger partial charge in [-0.05, 0) is 24.3 Å². The highest BCUT2D eigenvalue weighted by Crippen LogP contribution is 2.29. The molecule has 0 unspecified atom stereocenters. The highest BCUT2D eigenvalue weighted by Gasteiger charge is 2.26. The predicted octanol–water partition coefficient (Wildman–Crippen LogP) is 3.60. The van der Waals surface area contributed by atoms with Crippen molar-refractivity contribution < 1.29 is 18.0 Å². The molecule has 3 heterocycles. The molecule has 0 N–H and O–H groups in total. The van der Waals surface area contributed by atoms with Crippen LogP contribution in [0.4, 0.5) is 14.5 Å². The van der Waals surface area contributed by atoms with Crippen LogP contribution in [0.2, 0.25) is 0 Å². The summed E-state index contributed by atoms with van der Waals surface area (Å²) in [5.74, 6) is -0.766. The number of anilines is 1. The molecule has 2 aromatic heterocycles. The third-order valence-corrected chi connectivity index (χ3v) is 4.79. The standard InChI is InChI=1S/C20H16F2N4O2/c21-19(22)17-9-14-11-24-12-16(18(14)28-17)20(27)26-6-4-25(5-7-26)15-3-1-2-13(8-15)10-23/h1-3,8-9,11-12,19H,4-7H2. The van der Waals surface area contributed by atoms with E-state index in [9.17, 15) is 13.6 Å². The molecule has 1 aromatic carbocycles. The lowest BCUT2D eigenvalue weighted by Crippen LogP contribution is -2.48.